The van der Waals surface area contributed by atoms with Gasteiger partial charge in [0.15, 0.2) is 11.5 Å². The number of sulfonamides is 1. The number of hydrogen-bond donors (Lipinski definition) is 1. The molecular formula is C25H24ClN3O5S. The number of nitrogens with zero attached hydrogens (tertiary/aromatic N) is 2. The van der Waals surface area contributed by atoms with Crippen LogP contribution in [0, 0.1) is 0 Å². The lowest BCUT2D eigenvalue weighted by atomic mass is 10.1. The highest BCUT2D eigenvalue weighted by Crippen LogP contribution is 2.33. The van der Waals surface area contributed by atoms with Crippen LogP contribution in [0.5, 0.6) is 11.5 Å². The van der Waals surface area contributed by atoms with Gasteiger partial charge in [0, 0.05) is 44.0 Å². The molecule has 10 heteroatoms. The van der Waals surface area contributed by atoms with Crippen molar-refractivity contribution in [3.63, 3.8) is 0 Å². The Hall–Kier alpha value is -3.27. The third-order valence-corrected chi connectivity index (χ3v) is 7.86. The van der Waals surface area contributed by atoms with Crippen molar-refractivity contribution in [3.05, 3.63) is 82.9 Å². The summed E-state index contributed by atoms with van der Waals surface area (Å²) in [6.45, 7) is 3.47. The number of ether oxygens (including phenoxy) is 2. The molecule has 1 N–H and O–H groups in total. The van der Waals surface area contributed by atoms with E-state index in [2.05, 4.69) is 9.62 Å². The molecule has 2 aliphatic rings. The average molecular weight is 514 g/mol. The first kappa shape index (κ1) is 23.5. The molecule has 2 heterocycles. The molecule has 3 aromatic rings. The first-order valence-electron chi connectivity index (χ1n) is 11.2. The number of amides is 1. The van der Waals surface area contributed by atoms with Crippen molar-refractivity contribution in [2.75, 3.05) is 37.7 Å². The largest absolute Gasteiger partial charge is 0.454 e. The summed E-state index contributed by atoms with van der Waals surface area (Å²) in [7, 11) is -3.96. The molecular weight excluding hydrogens is 490 g/mol. The number of hydrogen-bond acceptors (Lipinski definition) is 6. The third-order valence-electron chi connectivity index (χ3n) is 6.00. The highest BCUT2D eigenvalue weighted by atomic mass is 35.5. The Kier molecular flexibility index (Phi) is 6.55. The molecule has 0 unspecified atom stereocenters. The highest BCUT2D eigenvalue weighted by Gasteiger charge is 2.25. The van der Waals surface area contributed by atoms with Crippen LogP contribution in [0.3, 0.4) is 0 Å². The molecule has 35 heavy (non-hydrogen) atoms. The van der Waals surface area contributed by atoms with Gasteiger partial charge in [-0.15, -0.1) is 0 Å². The molecule has 8 nitrogen and oxygen atoms in total. The molecule has 2 aliphatic heterocycles. The number of halogens is 1. The third kappa shape index (κ3) is 5.22. The number of piperazine rings is 1. The molecule has 1 amide bonds. The second kappa shape index (κ2) is 9.77. The van der Waals surface area contributed by atoms with Crippen LogP contribution in [0.15, 0.2) is 71.6 Å². The highest BCUT2D eigenvalue weighted by molar-refractivity contribution is 7.92. The van der Waals surface area contributed by atoms with Crippen LogP contribution in [0.4, 0.5) is 5.69 Å². The van der Waals surface area contributed by atoms with Gasteiger partial charge in [-0.1, -0.05) is 35.9 Å². The van der Waals surface area contributed by atoms with Gasteiger partial charge in [0.2, 0.25) is 6.79 Å². The summed E-state index contributed by atoms with van der Waals surface area (Å²) >= 11 is 6.20. The summed E-state index contributed by atoms with van der Waals surface area (Å²) in [5.41, 5.74) is 1.82. The molecule has 182 valence electrons. The zero-order valence-corrected chi connectivity index (χ0v) is 20.4. The SMILES string of the molecule is O=C(c1ccc(Cl)c(S(=O)(=O)Nc2ccccc2)c1)N1CCN(Cc2ccc3c(c2)OCO3)CC1. The van der Waals surface area contributed by atoms with Crippen LogP contribution < -0.4 is 14.2 Å². The lowest BCUT2D eigenvalue weighted by molar-refractivity contribution is 0.0628. The zero-order valence-electron chi connectivity index (χ0n) is 18.8. The summed E-state index contributed by atoms with van der Waals surface area (Å²) in [6, 6.07) is 18.8. The lowest BCUT2D eigenvalue weighted by Gasteiger charge is -2.35. The Morgan fingerprint density at radius 2 is 1.66 bits per heavy atom. The van der Waals surface area contributed by atoms with Gasteiger partial charge in [0.1, 0.15) is 4.90 Å². The van der Waals surface area contributed by atoms with Gasteiger partial charge in [-0.3, -0.25) is 14.4 Å². The molecule has 0 aliphatic carbocycles. The Bertz CT molecular complexity index is 1340. The Morgan fingerprint density at radius 3 is 2.43 bits per heavy atom. The van der Waals surface area contributed by atoms with Gasteiger partial charge >= 0.3 is 0 Å². The Balaban J connectivity index is 1.24. The predicted octanol–water partition coefficient (Wildman–Crippen LogP) is 3.83. The molecule has 0 saturated carbocycles. The number of carbonyl (C=O) groups excluding carboxylic acids is 1. The summed E-state index contributed by atoms with van der Waals surface area (Å²) in [6.07, 6.45) is 0. The minimum absolute atomic E-state index is 0.0542. The lowest BCUT2D eigenvalue weighted by Crippen LogP contribution is -2.48. The smallest absolute Gasteiger partial charge is 0.263 e. The molecule has 0 atom stereocenters. The molecule has 0 spiro atoms. The number of anilines is 1. The topological polar surface area (TPSA) is 88.2 Å². The maximum absolute atomic E-state index is 13.2. The fourth-order valence-electron chi connectivity index (χ4n) is 4.15. The molecule has 3 aromatic carbocycles. The van der Waals surface area contributed by atoms with Crippen molar-refractivity contribution in [1.29, 1.82) is 0 Å². The summed E-state index contributed by atoms with van der Waals surface area (Å²) in [5, 5.41) is 0.0542. The van der Waals surface area contributed by atoms with E-state index in [1.165, 1.54) is 12.1 Å². The van der Waals surface area contributed by atoms with Gasteiger partial charge in [0.25, 0.3) is 15.9 Å². The Morgan fingerprint density at radius 1 is 0.914 bits per heavy atom. The van der Waals surface area contributed by atoms with Crippen LogP contribution in [0.25, 0.3) is 0 Å². The van der Waals surface area contributed by atoms with Crippen LogP contribution in [0.2, 0.25) is 5.02 Å². The minimum atomic E-state index is -3.96. The number of fused-ring (bicyclic) bond motifs is 1. The van der Waals surface area contributed by atoms with Crippen molar-refractivity contribution in [2.45, 2.75) is 11.4 Å². The van der Waals surface area contributed by atoms with E-state index in [4.69, 9.17) is 21.1 Å². The van der Waals surface area contributed by atoms with E-state index in [9.17, 15) is 13.2 Å². The molecule has 0 radical (unpaired) electrons. The molecule has 0 aromatic heterocycles. The van der Waals surface area contributed by atoms with Gasteiger partial charge in [-0.05, 0) is 48.0 Å². The summed E-state index contributed by atoms with van der Waals surface area (Å²) < 4.78 is 39.2. The number of benzene rings is 3. The fraction of sp³-hybridized carbons (Fsp3) is 0.240. The standard InChI is InChI=1S/C25H24ClN3O5S/c26-21-8-7-19(15-24(21)35(31,32)27-20-4-2-1-3-5-20)25(30)29-12-10-28(11-13-29)16-18-6-9-22-23(14-18)34-17-33-22/h1-9,14-15,27H,10-13,16-17H2. The average Bonchev–Trinajstić information content (AvgIpc) is 3.33. The predicted molar refractivity (Wildman–Crippen MR) is 132 cm³/mol. The number of rotatable bonds is 6. The van der Waals surface area contributed by atoms with E-state index >= 15 is 0 Å². The molecule has 1 fully saturated rings. The van der Waals surface area contributed by atoms with Crippen LogP contribution in [0.1, 0.15) is 15.9 Å². The monoisotopic (exact) mass is 513 g/mol. The van der Waals surface area contributed by atoms with E-state index in [1.54, 1.807) is 41.3 Å². The normalized spacial score (nSPS) is 15.7. The quantitative estimate of drug-likeness (QED) is 0.539. The van der Waals surface area contributed by atoms with Gasteiger partial charge < -0.3 is 14.4 Å². The number of nitrogens with one attached hydrogen (secondary N) is 1. The maximum Gasteiger partial charge on any atom is 0.263 e. The first-order valence-corrected chi connectivity index (χ1v) is 13.0. The zero-order chi connectivity index (χ0) is 24.4. The van der Waals surface area contributed by atoms with E-state index in [0.29, 0.717) is 31.9 Å². The number of para-hydroxylation sites is 1. The van der Waals surface area contributed by atoms with Crippen LogP contribution in [-0.4, -0.2) is 57.1 Å². The van der Waals surface area contributed by atoms with E-state index < -0.39 is 10.0 Å². The molecule has 5 rings (SSSR count). The van der Waals surface area contributed by atoms with Crippen LogP contribution in [-0.2, 0) is 16.6 Å². The van der Waals surface area contributed by atoms with Crippen molar-refractivity contribution >= 4 is 33.2 Å². The molecule has 1 saturated heterocycles. The fourth-order valence-corrected chi connectivity index (χ4v) is 5.73. The van der Waals surface area contributed by atoms with E-state index in [0.717, 1.165) is 23.6 Å². The summed E-state index contributed by atoms with van der Waals surface area (Å²) in [4.78, 5) is 17.0. The second-order valence-corrected chi connectivity index (χ2v) is 10.4. The van der Waals surface area contributed by atoms with Crippen molar-refractivity contribution in [2.24, 2.45) is 0 Å². The maximum atomic E-state index is 13.2. The van der Waals surface area contributed by atoms with Gasteiger partial charge in [-0.25, -0.2) is 8.42 Å². The van der Waals surface area contributed by atoms with Crippen molar-refractivity contribution < 1.29 is 22.7 Å². The van der Waals surface area contributed by atoms with Gasteiger partial charge in [-0.2, -0.15) is 0 Å². The number of carbonyl (C=O) groups is 1. The van der Waals surface area contributed by atoms with E-state index in [1.807, 2.05) is 18.2 Å². The second-order valence-electron chi connectivity index (χ2n) is 8.37. The van der Waals surface area contributed by atoms with Crippen LogP contribution >= 0.6 is 11.6 Å². The van der Waals surface area contributed by atoms with Gasteiger partial charge in [0.05, 0.1) is 5.02 Å². The first-order chi connectivity index (χ1) is 16.9. The van der Waals surface area contributed by atoms with Crippen molar-refractivity contribution in [3.8, 4) is 11.5 Å². The Labute approximate surface area is 209 Å². The molecule has 0 bridgehead atoms. The van der Waals surface area contributed by atoms with E-state index in [-0.39, 0.29) is 28.2 Å². The van der Waals surface area contributed by atoms with Crippen molar-refractivity contribution in [1.82, 2.24) is 9.80 Å². The minimum Gasteiger partial charge on any atom is -0.454 e. The summed E-state index contributed by atoms with van der Waals surface area (Å²) in [5.74, 6) is 1.29.